The van der Waals surface area contributed by atoms with Gasteiger partial charge in [-0.15, -0.1) is 0 Å². The Balaban J connectivity index is 1.03. The number of benzene rings is 10. The second-order valence-electron chi connectivity index (χ2n) is 21.2. The summed E-state index contributed by atoms with van der Waals surface area (Å²) in [4.78, 5) is 17.4. The summed E-state index contributed by atoms with van der Waals surface area (Å²) in [5, 5.41) is 10.2. The van der Waals surface area contributed by atoms with Crippen LogP contribution in [0.3, 0.4) is 0 Å². The maximum absolute atomic E-state index is 5.83. The molecule has 77 heavy (non-hydrogen) atoms. The summed E-state index contributed by atoms with van der Waals surface area (Å²) in [6, 6.07) is 88.7. The average molecular weight is 1010 g/mol. The van der Waals surface area contributed by atoms with Crippen molar-refractivity contribution < 1.29 is 0 Å². The van der Waals surface area contributed by atoms with Crippen LogP contribution in [0, 0.1) is 0 Å². The maximum Gasteiger partial charge on any atom is 0.240 e. The third-order valence-corrected chi connectivity index (χ3v) is 21.7. The van der Waals surface area contributed by atoms with Crippen molar-refractivity contribution in [3.63, 3.8) is 0 Å². The molecule has 368 valence electrons. The predicted molar refractivity (Wildman–Crippen MR) is 320 cm³/mol. The van der Waals surface area contributed by atoms with E-state index in [0.29, 0.717) is 17.7 Å². The standard InChI is InChI=1S/C71H55N5Si/c1-4-16-57(17-5-1)77(58-18-6-2-7-19-58,59-20-8-3-9-21-59)60-22-14-15-56(47-60)69-72-70(75-63-25-12-10-23-61(63)65-52-39-35-48-27-31-50(32-28-48)37-41-54(45-43-52)67(65)75)74-71(73-69)76-64-26-13-11-24-62(64)66-53-40-36-49-29-33-51(34-30-49)38-42-55(46-44-53)68(66)76/h1-34,43-47H,35-42H2. The van der Waals surface area contributed by atoms with E-state index in [-0.39, 0.29) is 0 Å². The van der Waals surface area contributed by atoms with Crippen molar-refractivity contribution in [3.05, 3.63) is 281 Å². The first-order valence-electron chi connectivity index (χ1n) is 27.4. The van der Waals surface area contributed by atoms with Crippen molar-refractivity contribution in [2.45, 2.75) is 51.4 Å². The van der Waals surface area contributed by atoms with Crippen LogP contribution in [0.1, 0.15) is 44.5 Å². The molecule has 0 amide bonds. The van der Waals surface area contributed by atoms with Gasteiger partial charge in [0.15, 0.2) is 13.9 Å². The molecule has 10 aromatic carbocycles. The van der Waals surface area contributed by atoms with Crippen LogP contribution in [0.4, 0.5) is 0 Å². The highest BCUT2D eigenvalue weighted by molar-refractivity contribution is 7.19. The molecule has 0 N–H and O–H groups in total. The van der Waals surface area contributed by atoms with Crippen molar-refractivity contribution in [1.29, 1.82) is 0 Å². The molecule has 0 aliphatic heterocycles. The Bertz CT molecular complexity index is 4080. The van der Waals surface area contributed by atoms with Gasteiger partial charge < -0.3 is 0 Å². The molecule has 13 aromatic rings. The van der Waals surface area contributed by atoms with Crippen molar-refractivity contribution in [2.24, 2.45) is 0 Å². The van der Waals surface area contributed by atoms with Crippen LogP contribution in [-0.4, -0.2) is 32.2 Å². The first kappa shape index (κ1) is 45.4. The van der Waals surface area contributed by atoms with Gasteiger partial charge in [-0.2, -0.15) is 15.0 Å². The van der Waals surface area contributed by atoms with E-state index in [4.69, 9.17) is 15.0 Å². The number of aryl methyl sites for hydroxylation is 8. The number of hydrogen-bond donors (Lipinski definition) is 0. The minimum Gasteiger partial charge on any atom is -0.277 e. The monoisotopic (exact) mass is 1010 g/mol. The van der Waals surface area contributed by atoms with Gasteiger partial charge in [-0.3, -0.25) is 9.13 Å². The number of rotatable bonds is 7. The lowest BCUT2D eigenvalue weighted by Crippen LogP contribution is -2.74. The second kappa shape index (κ2) is 18.7. The SMILES string of the molecule is c1ccc([Si](c2ccccc2)(c2ccccc2)c2cccc(-c3nc(-n4c5ccccc5c5c6ccc(c54)CCc4ccc(cc4)CC6)nc(-n4c5ccccc5c5c6ccc(c54)CCc4ccc(cc4)CC6)n3)c2)cc1. The van der Waals surface area contributed by atoms with Crippen molar-refractivity contribution in [1.82, 2.24) is 24.1 Å². The molecule has 3 aromatic heterocycles. The van der Waals surface area contributed by atoms with E-state index in [1.54, 1.807) is 0 Å². The minimum atomic E-state index is -2.93. The molecule has 5 nitrogen and oxygen atoms in total. The Kier molecular flexibility index (Phi) is 11.0. The number of hydrogen-bond acceptors (Lipinski definition) is 3. The Labute approximate surface area is 449 Å². The zero-order valence-corrected chi connectivity index (χ0v) is 43.9. The molecule has 6 heteroatoms. The molecule has 0 spiro atoms. The van der Waals surface area contributed by atoms with E-state index in [1.165, 1.54) is 97.8 Å². The Morgan fingerprint density at radius 1 is 0.299 bits per heavy atom. The zero-order valence-electron chi connectivity index (χ0n) is 42.9. The number of para-hydroxylation sites is 2. The molecular formula is C71H55N5Si. The summed E-state index contributed by atoms with van der Waals surface area (Å²) in [5.74, 6) is 1.87. The molecule has 0 atom stereocenters. The lowest BCUT2D eigenvalue weighted by Gasteiger charge is -2.34. The van der Waals surface area contributed by atoms with Crippen LogP contribution in [0.5, 0.6) is 0 Å². The van der Waals surface area contributed by atoms with Crippen LogP contribution >= 0.6 is 0 Å². The molecule has 0 saturated heterocycles. The minimum absolute atomic E-state index is 0.616. The quantitative estimate of drug-likeness (QED) is 0.118. The Morgan fingerprint density at radius 3 is 1.09 bits per heavy atom. The van der Waals surface area contributed by atoms with Gasteiger partial charge in [0.25, 0.3) is 0 Å². The van der Waals surface area contributed by atoms with Gasteiger partial charge in [-0.25, -0.2) is 0 Å². The predicted octanol–water partition coefficient (Wildman–Crippen LogP) is 12.9. The molecule has 0 fully saturated rings. The molecular weight excluding hydrogens is 951 g/mol. The highest BCUT2D eigenvalue weighted by Crippen LogP contribution is 2.40. The molecule has 8 aliphatic carbocycles. The summed E-state index contributed by atoms with van der Waals surface area (Å²) < 4.78 is 4.78. The third kappa shape index (κ3) is 7.61. The van der Waals surface area contributed by atoms with E-state index in [0.717, 1.165) is 68.0 Å². The normalized spacial score (nSPS) is 13.6. The molecule has 21 rings (SSSR count). The first-order valence-corrected chi connectivity index (χ1v) is 29.4. The maximum atomic E-state index is 5.83. The fourth-order valence-electron chi connectivity index (χ4n) is 13.2. The average Bonchev–Trinajstić information content (AvgIpc) is 4.09. The van der Waals surface area contributed by atoms with E-state index in [1.807, 2.05) is 0 Å². The van der Waals surface area contributed by atoms with Crippen LogP contribution in [0.2, 0.25) is 0 Å². The second-order valence-corrected chi connectivity index (χ2v) is 25.1. The highest BCUT2D eigenvalue weighted by Gasteiger charge is 2.41. The van der Waals surface area contributed by atoms with Crippen molar-refractivity contribution in [2.75, 3.05) is 0 Å². The largest absolute Gasteiger partial charge is 0.277 e. The van der Waals surface area contributed by atoms with Gasteiger partial charge in [0, 0.05) is 27.1 Å². The lowest BCUT2D eigenvalue weighted by molar-refractivity contribution is 0.878. The molecule has 3 heterocycles. The van der Waals surface area contributed by atoms with Gasteiger partial charge >= 0.3 is 0 Å². The molecule has 8 aliphatic rings. The van der Waals surface area contributed by atoms with Gasteiger partial charge in [0.2, 0.25) is 11.9 Å². The van der Waals surface area contributed by atoms with Crippen molar-refractivity contribution >= 4 is 72.4 Å². The summed E-state index contributed by atoms with van der Waals surface area (Å²) in [6.07, 6.45) is 7.42. The van der Waals surface area contributed by atoms with Gasteiger partial charge in [-0.05, 0) is 129 Å². The van der Waals surface area contributed by atoms with E-state index in [9.17, 15) is 0 Å². The molecule has 0 unspecified atom stereocenters. The van der Waals surface area contributed by atoms with Crippen LogP contribution < -0.4 is 20.7 Å². The van der Waals surface area contributed by atoms with Gasteiger partial charge in [0.1, 0.15) is 0 Å². The Morgan fingerprint density at radius 2 is 0.662 bits per heavy atom. The lowest BCUT2D eigenvalue weighted by atomic mass is 9.93. The van der Waals surface area contributed by atoms with Crippen LogP contribution in [0.25, 0.3) is 66.9 Å². The van der Waals surface area contributed by atoms with E-state index >= 15 is 0 Å². The summed E-state index contributed by atoms with van der Waals surface area (Å²) in [6.45, 7) is 0. The summed E-state index contributed by atoms with van der Waals surface area (Å²) >= 11 is 0. The highest BCUT2D eigenvalue weighted by atomic mass is 28.3. The fourth-order valence-corrected chi connectivity index (χ4v) is 18.0. The number of nitrogens with zero attached hydrogens (tertiary/aromatic N) is 5. The summed E-state index contributed by atoms with van der Waals surface area (Å²) in [7, 11) is -2.93. The van der Waals surface area contributed by atoms with Crippen molar-refractivity contribution in [3.8, 4) is 23.3 Å². The van der Waals surface area contributed by atoms with Gasteiger partial charge in [0.05, 0.1) is 22.1 Å². The topological polar surface area (TPSA) is 48.5 Å². The molecule has 0 radical (unpaired) electrons. The van der Waals surface area contributed by atoms with Crippen LogP contribution in [-0.2, 0) is 51.4 Å². The zero-order chi connectivity index (χ0) is 50.9. The van der Waals surface area contributed by atoms with Gasteiger partial charge in [-0.1, -0.05) is 224 Å². The number of fused-ring (bicyclic) bond motifs is 2. The Hall–Kier alpha value is -8.97. The third-order valence-electron chi connectivity index (χ3n) is 16.9. The molecule has 0 saturated carbocycles. The van der Waals surface area contributed by atoms with E-state index < -0.39 is 8.07 Å². The smallest absolute Gasteiger partial charge is 0.240 e. The fraction of sp³-hybridized carbons (Fsp3) is 0.113. The number of aromatic nitrogens is 5. The molecule has 8 bridgehead atoms. The van der Waals surface area contributed by atoms with E-state index in [2.05, 4.69) is 246 Å². The summed E-state index contributed by atoms with van der Waals surface area (Å²) in [5.41, 5.74) is 16.2. The first-order chi connectivity index (χ1) is 38.2. The van der Waals surface area contributed by atoms with Crippen LogP contribution in [0.15, 0.2) is 237 Å².